The fraction of sp³-hybridized carbons (Fsp3) is 0.769. The number of ether oxygens (including phenoxy) is 1. The second-order valence-corrected chi connectivity index (χ2v) is 4.80. The molecular formula is C13H23N3O. The quantitative estimate of drug-likeness (QED) is 0.825. The van der Waals surface area contributed by atoms with E-state index in [1.165, 1.54) is 25.7 Å². The van der Waals surface area contributed by atoms with Crippen molar-refractivity contribution in [3.63, 3.8) is 0 Å². The van der Waals surface area contributed by atoms with Gasteiger partial charge in [-0.25, -0.2) is 4.98 Å². The van der Waals surface area contributed by atoms with Crippen molar-refractivity contribution in [1.82, 2.24) is 9.55 Å². The van der Waals surface area contributed by atoms with Gasteiger partial charge in [-0.3, -0.25) is 0 Å². The van der Waals surface area contributed by atoms with Gasteiger partial charge in [0.05, 0.1) is 24.7 Å². The zero-order chi connectivity index (χ0) is 12.1. The lowest BCUT2D eigenvalue weighted by molar-refractivity contribution is 0.0525. The minimum absolute atomic E-state index is 0.0870. The van der Waals surface area contributed by atoms with Gasteiger partial charge in [0, 0.05) is 18.8 Å². The summed E-state index contributed by atoms with van der Waals surface area (Å²) in [6.45, 7) is 3.72. The van der Waals surface area contributed by atoms with Gasteiger partial charge < -0.3 is 15.0 Å². The van der Waals surface area contributed by atoms with Gasteiger partial charge >= 0.3 is 0 Å². The molecule has 0 radical (unpaired) electrons. The molecule has 4 nitrogen and oxygen atoms in total. The highest BCUT2D eigenvalue weighted by Crippen LogP contribution is 2.21. The Morgan fingerprint density at radius 2 is 2.29 bits per heavy atom. The highest BCUT2D eigenvalue weighted by molar-refractivity contribution is 5.04. The summed E-state index contributed by atoms with van der Waals surface area (Å²) in [5, 5.41) is 0. The first-order valence-corrected chi connectivity index (χ1v) is 6.68. The molecule has 1 aliphatic carbocycles. The van der Waals surface area contributed by atoms with E-state index in [1.807, 2.05) is 12.5 Å². The maximum Gasteiger partial charge on any atom is 0.0949 e. The zero-order valence-electron chi connectivity index (χ0n) is 10.6. The third-order valence-electron chi connectivity index (χ3n) is 3.55. The van der Waals surface area contributed by atoms with E-state index in [0.717, 1.165) is 25.3 Å². The van der Waals surface area contributed by atoms with Crippen LogP contribution in [0.1, 0.15) is 50.8 Å². The largest absolute Gasteiger partial charge is 0.376 e. The van der Waals surface area contributed by atoms with E-state index in [-0.39, 0.29) is 6.04 Å². The van der Waals surface area contributed by atoms with Crippen molar-refractivity contribution in [3.05, 3.63) is 18.2 Å². The molecule has 17 heavy (non-hydrogen) atoms. The topological polar surface area (TPSA) is 53.1 Å². The van der Waals surface area contributed by atoms with E-state index in [9.17, 15) is 0 Å². The molecule has 0 amide bonds. The van der Waals surface area contributed by atoms with Crippen molar-refractivity contribution < 1.29 is 4.74 Å². The average molecular weight is 237 g/mol. The molecule has 1 aliphatic rings. The van der Waals surface area contributed by atoms with Crippen LogP contribution in [0.25, 0.3) is 0 Å². The first-order valence-electron chi connectivity index (χ1n) is 6.68. The van der Waals surface area contributed by atoms with Crippen LogP contribution in [0.15, 0.2) is 12.5 Å². The van der Waals surface area contributed by atoms with Gasteiger partial charge in [0.1, 0.15) is 0 Å². The second-order valence-electron chi connectivity index (χ2n) is 4.80. The standard InChI is InChI=1S/C13H23N3O/c1-2-12(14)13-9-15-10-16(13)7-8-17-11-5-3-4-6-11/h9-12H,2-8,14H2,1H3/t12-/m1/s1. The van der Waals surface area contributed by atoms with Crippen LogP contribution in [0.5, 0.6) is 0 Å². The third kappa shape index (κ3) is 3.30. The Bertz CT molecular complexity index is 331. The molecule has 1 saturated carbocycles. The molecule has 0 unspecified atom stereocenters. The predicted octanol–water partition coefficient (Wildman–Crippen LogP) is 2.25. The number of imidazole rings is 1. The summed E-state index contributed by atoms with van der Waals surface area (Å²) in [5.41, 5.74) is 7.15. The normalized spacial score (nSPS) is 18.7. The fourth-order valence-corrected chi connectivity index (χ4v) is 2.41. The summed E-state index contributed by atoms with van der Waals surface area (Å²) in [6, 6.07) is 0.0870. The minimum atomic E-state index is 0.0870. The van der Waals surface area contributed by atoms with Crippen molar-refractivity contribution in [2.75, 3.05) is 6.61 Å². The highest BCUT2D eigenvalue weighted by Gasteiger charge is 2.15. The molecule has 0 bridgehead atoms. The number of nitrogens with two attached hydrogens (primary N) is 1. The van der Waals surface area contributed by atoms with Crippen LogP contribution in [0, 0.1) is 0 Å². The van der Waals surface area contributed by atoms with Gasteiger partial charge in [-0.05, 0) is 19.3 Å². The smallest absolute Gasteiger partial charge is 0.0949 e. The van der Waals surface area contributed by atoms with Crippen LogP contribution >= 0.6 is 0 Å². The predicted molar refractivity (Wildman–Crippen MR) is 67.7 cm³/mol. The molecule has 1 aromatic rings. The van der Waals surface area contributed by atoms with Gasteiger partial charge in [-0.2, -0.15) is 0 Å². The molecule has 96 valence electrons. The first-order chi connectivity index (χ1) is 8.31. The van der Waals surface area contributed by atoms with Crippen LogP contribution in [0.3, 0.4) is 0 Å². The van der Waals surface area contributed by atoms with Crippen molar-refractivity contribution in [2.45, 2.75) is 57.7 Å². The molecule has 4 heteroatoms. The summed E-state index contributed by atoms with van der Waals surface area (Å²) in [4.78, 5) is 4.17. The lowest BCUT2D eigenvalue weighted by atomic mass is 10.2. The van der Waals surface area contributed by atoms with Crippen molar-refractivity contribution >= 4 is 0 Å². The van der Waals surface area contributed by atoms with Crippen LogP contribution in [0.4, 0.5) is 0 Å². The Labute approximate surface area is 103 Å². The van der Waals surface area contributed by atoms with E-state index in [1.54, 1.807) is 0 Å². The maximum absolute atomic E-state index is 6.03. The molecule has 1 aromatic heterocycles. The van der Waals surface area contributed by atoms with E-state index in [0.29, 0.717) is 6.10 Å². The van der Waals surface area contributed by atoms with E-state index in [2.05, 4.69) is 16.5 Å². The van der Waals surface area contributed by atoms with Gasteiger partial charge in [0.25, 0.3) is 0 Å². The Morgan fingerprint density at radius 1 is 1.53 bits per heavy atom. The molecule has 1 atom stereocenters. The molecule has 0 aliphatic heterocycles. The second kappa shape index (κ2) is 6.17. The number of hydrogen-bond donors (Lipinski definition) is 1. The van der Waals surface area contributed by atoms with Crippen molar-refractivity contribution in [3.8, 4) is 0 Å². The van der Waals surface area contributed by atoms with Crippen molar-refractivity contribution in [2.24, 2.45) is 5.73 Å². The molecule has 0 aromatic carbocycles. The lowest BCUT2D eigenvalue weighted by Crippen LogP contribution is -2.18. The average Bonchev–Trinajstić information content (AvgIpc) is 2.99. The number of hydrogen-bond acceptors (Lipinski definition) is 3. The number of nitrogens with zero attached hydrogens (tertiary/aromatic N) is 2. The summed E-state index contributed by atoms with van der Waals surface area (Å²) < 4.78 is 7.97. The molecule has 1 heterocycles. The summed E-state index contributed by atoms with van der Waals surface area (Å²) in [7, 11) is 0. The maximum atomic E-state index is 6.03. The summed E-state index contributed by atoms with van der Waals surface area (Å²) >= 11 is 0. The Balaban J connectivity index is 1.79. The van der Waals surface area contributed by atoms with Gasteiger partial charge in [0.15, 0.2) is 0 Å². The zero-order valence-corrected chi connectivity index (χ0v) is 10.6. The first kappa shape index (κ1) is 12.6. The van der Waals surface area contributed by atoms with Gasteiger partial charge in [-0.1, -0.05) is 19.8 Å². The Morgan fingerprint density at radius 3 is 3.00 bits per heavy atom. The number of aromatic nitrogens is 2. The molecule has 1 fully saturated rings. The third-order valence-corrected chi connectivity index (χ3v) is 3.55. The van der Waals surface area contributed by atoms with Crippen molar-refractivity contribution in [1.29, 1.82) is 0 Å². The fourth-order valence-electron chi connectivity index (χ4n) is 2.41. The Hall–Kier alpha value is -0.870. The molecule has 2 rings (SSSR count). The van der Waals surface area contributed by atoms with Crippen LogP contribution < -0.4 is 5.73 Å². The van der Waals surface area contributed by atoms with E-state index >= 15 is 0 Å². The van der Waals surface area contributed by atoms with E-state index < -0.39 is 0 Å². The molecule has 0 spiro atoms. The highest BCUT2D eigenvalue weighted by atomic mass is 16.5. The van der Waals surface area contributed by atoms with Gasteiger partial charge in [-0.15, -0.1) is 0 Å². The monoisotopic (exact) mass is 237 g/mol. The van der Waals surface area contributed by atoms with Crippen LogP contribution in [0.2, 0.25) is 0 Å². The lowest BCUT2D eigenvalue weighted by Gasteiger charge is -2.15. The van der Waals surface area contributed by atoms with Crippen LogP contribution in [-0.4, -0.2) is 22.3 Å². The molecular weight excluding hydrogens is 214 g/mol. The number of rotatable bonds is 6. The van der Waals surface area contributed by atoms with Crippen LogP contribution in [-0.2, 0) is 11.3 Å². The van der Waals surface area contributed by atoms with Gasteiger partial charge in [0.2, 0.25) is 0 Å². The summed E-state index contributed by atoms with van der Waals surface area (Å²) in [5.74, 6) is 0. The minimum Gasteiger partial charge on any atom is -0.376 e. The van der Waals surface area contributed by atoms with E-state index in [4.69, 9.17) is 10.5 Å². The molecule has 0 saturated heterocycles. The SMILES string of the molecule is CC[C@@H](N)c1cncn1CCOC1CCCC1. The Kier molecular flexibility index (Phi) is 4.57. The summed E-state index contributed by atoms with van der Waals surface area (Å²) in [6.07, 6.45) is 10.2. The molecule has 2 N–H and O–H groups in total.